The van der Waals surface area contributed by atoms with Gasteiger partial charge in [-0.15, -0.1) is 0 Å². The summed E-state index contributed by atoms with van der Waals surface area (Å²) in [7, 11) is 3.14. The van der Waals surface area contributed by atoms with E-state index in [0.717, 1.165) is 66.6 Å². The van der Waals surface area contributed by atoms with Crippen molar-refractivity contribution in [2.24, 2.45) is 0 Å². The molecular weight excluding hydrogens is 514 g/mol. The zero-order valence-corrected chi connectivity index (χ0v) is 23.8. The molecule has 0 bridgehead atoms. The maximum Gasteiger partial charge on any atom is 0.251 e. The molecule has 0 spiro atoms. The highest BCUT2D eigenvalue weighted by Crippen LogP contribution is 2.28. The number of carbonyl (C=O) groups excluding carboxylic acids is 1. The third-order valence-corrected chi connectivity index (χ3v) is 7.28. The van der Waals surface area contributed by atoms with Crippen LogP contribution in [0.15, 0.2) is 84.9 Å². The van der Waals surface area contributed by atoms with E-state index in [2.05, 4.69) is 46.3 Å². The third-order valence-electron chi connectivity index (χ3n) is 7.28. The van der Waals surface area contributed by atoms with E-state index in [9.17, 15) is 4.79 Å². The molecule has 0 aliphatic carbocycles. The van der Waals surface area contributed by atoms with Crippen LogP contribution in [0.3, 0.4) is 0 Å². The minimum absolute atomic E-state index is 0.113. The van der Waals surface area contributed by atoms with Crippen molar-refractivity contribution in [3.8, 4) is 17.2 Å². The highest BCUT2D eigenvalue weighted by atomic mass is 16.5. The van der Waals surface area contributed by atoms with Gasteiger partial charge in [0, 0.05) is 30.5 Å². The Kier molecular flexibility index (Phi) is 9.37. The summed E-state index contributed by atoms with van der Waals surface area (Å²) >= 11 is 0. The third kappa shape index (κ3) is 6.80. The van der Waals surface area contributed by atoms with Crippen LogP contribution in [0.4, 0.5) is 0 Å². The fourth-order valence-corrected chi connectivity index (χ4v) is 5.16. The standard InChI is InChI=1S/C34H37N3O4/c1-39-31-20-19-26(24-32(31)40-2)34(38)35-21-9-3-4-18-33-36-28-15-7-8-16-29(28)37(33)22-11-23-41-30-17-10-13-25-12-5-6-14-27(25)30/h5-8,10,12-17,19-20,24H,3-4,9,11,18,21-23H2,1-2H3,(H,35,38). The van der Waals surface area contributed by atoms with E-state index >= 15 is 0 Å². The Balaban J connectivity index is 1.10. The van der Waals surface area contributed by atoms with Gasteiger partial charge in [0.15, 0.2) is 11.5 Å². The SMILES string of the molecule is COc1ccc(C(=O)NCCCCCc2nc3ccccc3n2CCCOc2cccc3ccccc23)cc1OC. The first-order chi connectivity index (χ1) is 20.2. The van der Waals surface area contributed by atoms with Crippen LogP contribution in [0.25, 0.3) is 21.8 Å². The van der Waals surface area contributed by atoms with E-state index in [0.29, 0.717) is 30.2 Å². The van der Waals surface area contributed by atoms with Crippen LogP contribution in [-0.4, -0.2) is 42.8 Å². The van der Waals surface area contributed by atoms with Gasteiger partial charge in [0.25, 0.3) is 5.91 Å². The van der Waals surface area contributed by atoms with Crippen molar-refractivity contribution in [3.05, 3.63) is 96.3 Å². The van der Waals surface area contributed by atoms with Crippen LogP contribution in [0.1, 0.15) is 41.9 Å². The highest BCUT2D eigenvalue weighted by molar-refractivity contribution is 5.94. The number of nitrogens with one attached hydrogen (secondary N) is 1. The zero-order chi connectivity index (χ0) is 28.4. The molecule has 1 aromatic heterocycles. The molecule has 0 unspecified atom stereocenters. The van der Waals surface area contributed by atoms with Crippen LogP contribution in [0.2, 0.25) is 0 Å². The van der Waals surface area contributed by atoms with Gasteiger partial charge in [0.2, 0.25) is 0 Å². The van der Waals surface area contributed by atoms with Gasteiger partial charge in [0.05, 0.1) is 31.9 Å². The summed E-state index contributed by atoms with van der Waals surface area (Å²) in [6, 6.07) is 28.0. The van der Waals surface area contributed by atoms with Gasteiger partial charge in [-0.05, 0) is 61.0 Å². The Labute approximate surface area is 241 Å². The molecule has 5 aromatic rings. The molecule has 0 aliphatic heterocycles. The number of hydrogen-bond donors (Lipinski definition) is 1. The van der Waals surface area contributed by atoms with E-state index < -0.39 is 0 Å². The largest absolute Gasteiger partial charge is 0.493 e. The van der Waals surface area contributed by atoms with Gasteiger partial charge < -0.3 is 24.1 Å². The number of imidazole rings is 1. The van der Waals surface area contributed by atoms with E-state index in [4.69, 9.17) is 19.2 Å². The van der Waals surface area contributed by atoms with E-state index in [-0.39, 0.29) is 5.91 Å². The smallest absolute Gasteiger partial charge is 0.251 e. The van der Waals surface area contributed by atoms with Gasteiger partial charge >= 0.3 is 0 Å². The first-order valence-electron chi connectivity index (χ1n) is 14.2. The molecule has 1 amide bonds. The highest BCUT2D eigenvalue weighted by Gasteiger charge is 2.12. The number of methoxy groups -OCH3 is 2. The predicted octanol–water partition coefficient (Wildman–Crippen LogP) is 6.82. The van der Waals surface area contributed by atoms with Gasteiger partial charge in [0.1, 0.15) is 11.6 Å². The molecule has 0 fully saturated rings. The molecule has 7 heteroatoms. The number of aromatic nitrogens is 2. The molecule has 0 aliphatic rings. The van der Waals surface area contributed by atoms with Gasteiger partial charge in [-0.25, -0.2) is 4.98 Å². The first kappa shape index (κ1) is 28.0. The van der Waals surface area contributed by atoms with Gasteiger partial charge in [-0.3, -0.25) is 4.79 Å². The second kappa shape index (κ2) is 13.7. The topological polar surface area (TPSA) is 74.6 Å². The number of hydrogen-bond acceptors (Lipinski definition) is 5. The van der Waals surface area contributed by atoms with Gasteiger partial charge in [-0.2, -0.15) is 0 Å². The predicted molar refractivity (Wildman–Crippen MR) is 163 cm³/mol. The lowest BCUT2D eigenvalue weighted by atomic mass is 10.1. The van der Waals surface area contributed by atoms with Crippen molar-refractivity contribution in [1.82, 2.24) is 14.9 Å². The number of amides is 1. The second-order valence-electron chi connectivity index (χ2n) is 9.98. The number of para-hydroxylation sites is 2. The van der Waals surface area contributed by atoms with E-state index in [1.807, 2.05) is 30.3 Å². The number of nitrogens with zero attached hydrogens (tertiary/aromatic N) is 2. The van der Waals surface area contributed by atoms with E-state index in [1.165, 1.54) is 5.39 Å². The summed E-state index contributed by atoms with van der Waals surface area (Å²) in [6.07, 6.45) is 4.68. The Hall–Kier alpha value is -4.52. The lowest BCUT2D eigenvalue weighted by Gasteiger charge is -2.12. The minimum atomic E-state index is -0.113. The molecule has 5 rings (SSSR count). The normalized spacial score (nSPS) is 11.1. The molecule has 1 heterocycles. The van der Waals surface area contributed by atoms with Crippen molar-refractivity contribution in [1.29, 1.82) is 0 Å². The molecule has 0 saturated heterocycles. The Bertz CT molecular complexity index is 1610. The van der Waals surface area contributed by atoms with Crippen molar-refractivity contribution in [3.63, 3.8) is 0 Å². The van der Waals surface area contributed by atoms with Crippen molar-refractivity contribution in [2.45, 2.75) is 38.6 Å². The zero-order valence-electron chi connectivity index (χ0n) is 23.8. The molecule has 212 valence electrons. The number of unbranched alkanes of at least 4 members (excludes halogenated alkanes) is 2. The Morgan fingerprint density at radius 1 is 0.805 bits per heavy atom. The summed E-state index contributed by atoms with van der Waals surface area (Å²) in [5.41, 5.74) is 2.75. The van der Waals surface area contributed by atoms with Crippen molar-refractivity contribution >= 4 is 27.7 Å². The lowest BCUT2D eigenvalue weighted by molar-refractivity contribution is 0.0952. The quantitative estimate of drug-likeness (QED) is 0.153. The average molecular weight is 552 g/mol. The number of rotatable bonds is 14. The number of fused-ring (bicyclic) bond motifs is 2. The van der Waals surface area contributed by atoms with Crippen molar-refractivity contribution < 1.29 is 19.0 Å². The minimum Gasteiger partial charge on any atom is -0.493 e. The Morgan fingerprint density at radius 2 is 1.61 bits per heavy atom. The fraction of sp³-hybridized carbons (Fsp3) is 0.294. The summed E-state index contributed by atoms with van der Waals surface area (Å²) in [5, 5.41) is 5.34. The molecule has 7 nitrogen and oxygen atoms in total. The molecular formula is C34H37N3O4. The first-order valence-corrected chi connectivity index (χ1v) is 14.2. The van der Waals surface area contributed by atoms with Crippen LogP contribution in [0, 0.1) is 0 Å². The number of carbonyl (C=O) groups is 1. The summed E-state index contributed by atoms with van der Waals surface area (Å²) in [4.78, 5) is 17.5. The van der Waals surface area contributed by atoms with Crippen LogP contribution < -0.4 is 19.5 Å². The monoisotopic (exact) mass is 551 g/mol. The Morgan fingerprint density at radius 3 is 2.49 bits per heavy atom. The number of benzene rings is 4. The van der Waals surface area contributed by atoms with Crippen LogP contribution in [-0.2, 0) is 13.0 Å². The molecule has 4 aromatic carbocycles. The van der Waals surface area contributed by atoms with Crippen LogP contribution in [0.5, 0.6) is 17.2 Å². The fourth-order valence-electron chi connectivity index (χ4n) is 5.16. The molecule has 41 heavy (non-hydrogen) atoms. The lowest BCUT2D eigenvalue weighted by Crippen LogP contribution is -2.24. The van der Waals surface area contributed by atoms with Crippen LogP contribution >= 0.6 is 0 Å². The molecule has 0 atom stereocenters. The molecule has 0 saturated carbocycles. The maximum absolute atomic E-state index is 12.6. The summed E-state index contributed by atoms with van der Waals surface area (Å²) in [6.45, 7) is 2.11. The van der Waals surface area contributed by atoms with Crippen molar-refractivity contribution in [2.75, 3.05) is 27.4 Å². The average Bonchev–Trinajstić information content (AvgIpc) is 3.37. The van der Waals surface area contributed by atoms with Gasteiger partial charge in [-0.1, -0.05) is 55.0 Å². The summed E-state index contributed by atoms with van der Waals surface area (Å²) in [5.74, 6) is 3.07. The number of aryl methyl sites for hydroxylation is 2. The second-order valence-corrected chi connectivity index (χ2v) is 9.98. The number of ether oxygens (including phenoxy) is 3. The summed E-state index contributed by atoms with van der Waals surface area (Å²) < 4.78 is 19.1. The van der Waals surface area contributed by atoms with E-state index in [1.54, 1.807) is 32.4 Å². The maximum atomic E-state index is 12.6. The molecule has 0 radical (unpaired) electrons. The molecule has 1 N–H and O–H groups in total.